The molecule has 0 bridgehead atoms. The number of carbonyl (C=O) groups is 1. The zero-order chi connectivity index (χ0) is 17.4. The molecule has 0 aliphatic heterocycles. The Hall–Kier alpha value is -3.06. The average molecular weight is 321 g/mol. The van der Waals surface area contributed by atoms with Crippen molar-refractivity contribution in [3.05, 3.63) is 65.7 Å². The van der Waals surface area contributed by atoms with E-state index in [-0.39, 0.29) is 18.5 Å². The Kier molecular flexibility index (Phi) is 6.16. The van der Waals surface area contributed by atoms with Crippen LogP contribution in [0.2, 0.25) is 0 Å². The molecule has 24 heavy (non-hydrogen) atoms. The van der Waals surface area contributed by atoms with Crippen LogP contribution in [0.4, 0.5) is 0 Å². The Balaban J connectivity index is 1.98. The van der Waals surface area contributed by atoms with E-state index < -0.39 is 0 Å². The molecule has 0 radical (unpaired) electrons. The van der Waals surface area contributed by atoms with Gasteiger partial charge in [-0.1, -0.05) is 18.2 Å². The Morgan fingerprint density at radius 3 is 2.29 bits per heavy atom. The van der Waals surface area contributed by atoms with E-state index in [4.69, 9.17) is 14.7 Å². The zero-order valence-corrected chi connectivity index (χ0v) is 13.7. The lowest BCUT2D eigenvalue weighted by molar-refractivity contribution is 0.104. The molecular weight excluding hydrogens is 302 g/mol. The van der Waals surface area contributed by atoms with E-state index in [0.717, 1.165) is 11.3 Å². The highest BCUT2D eigenvalue weighted by atomic mass is 16.5. The fourth-order valence-electron chi connectivity index (χ4n) is 2.03. The van der Waals surface area contributed by atoms with Crippen molar-refractivity contribution in [3.63, 3.8) is 0 Å². The molecule has 0 spiro atoms. The van der Waals surface area contributed by atoms with Crippen LogP contribution in [0.15, 0.2) is 54.6 Å². The molecule has 2 aromatic carbocycles. The van der Waals surface area contributed by atoms with E-state index in [1.165, 1.54) is 6.08 Å². The average Bonchev–Trinajstić information content (AvgIpc) is 2.59. The predicted molar refractivity (Wildman–Crippen MR) is 93.1 cm³/mol. The maximum atomic E-state index is 12.2. The third-order valence-corrected chi connectivity index (χ3v) is 3.12. The summed E-state index contributed by atoms with van der Waals surface area (Å²) in [6.07, 6.45) is 3.43. The third kappa shape index (κ3) is 5.29. The van der Waals surface area contributed by atoms with Gasteiger partial charge < -0.3 is 9.47 Å². The molecule has 0 fully saturated rings. The first-order valence-electron chi connectivity index (χ1n) is 7.67. The SMILES string of the molecule is CC(C)Oc1ccc(C=CC(=O)c2ccc(OCC#N)cc2)cc1. The van der Waals surface area contributed by atoms with Crippen LogP contribution in [0.25, 0.3) is 6.08 Å². The van der Waals surface area contributed by atoms with E-state index in [1.54, 1.807) is 30.3 Å². The molecule has 0 atom stereocenters. The predicted octanol–water partition coefficient (Wildman–Crippen LogP) is 4.27. The summed E-state index contributed by atoms with van der Waals surface area (Å²) >= 11 is 0. The lowest BCUT2D eigenvalue weighted by atomic mass is 10.1. The summed E-state index contributed by atoms with van der Waals surface area (Å²) in [5.41, 5.74) is 1.49. The minimum atomic E-state index is -0.0932. The van der Waals surface area contributed by atoms with Gasteiger partial charge in [0, 0.05) is 5.56 Å². The molecule has 0 aromatic heterocycles. The third-order valence-electron chi connectivity index (χ3n) is 3.12. The summed E-state index contributed by atoms with van der Waals surface area (Å²) in [4.78, 5) is 12.2. The molecule has 0 saturated carbocycles. The summed E-state index contributed by atoms with van der Waals surface area (Å²) in [6.45, 7) is 3.94. The van der Waals surface area contributed by atoms with Crippen LogP contribution < -0.4 is 9.47 Å². The van der Waals surface area contributed by atoms with Gasteiger partial charge in [-0.05, 0) is 61.9 Å². The molecule has 0 unspecified atom stereocenters. The van der Waals surface area contributed by atoms with Gasteiger partial charge in [-0.15, -0.1) is 0 Å². The van der Waals surface area contributed by atoms with Crippen LogP contribution in [0.3, 0.4) is 0 Å². The number of carbonyl (C=O) groups excluding carboxylic acids is 1. The largest absolute Gasteiger partial charge is 0.491 e. The van der Waals surface area contributed by atoms with Crippen molar-refractivity contribution < 1.29 is 14.3 Å². The van der Waals surface area contributed by atoms with Crippen LogP contribution in [0.1, 0.15) is 29.8 Å². The first kappa shape index (κ1) is 17.3. The normalized spacial score (nSPS) is 10.6. The number of hydrogen-bond acceptors (Lipinski definition) is 4. The number of nitriles is 1. The summed E-state index contributed by atoms with van der Waals surface area (Å²) in [5.74, 6) is 1.28. The van der Waals surface area contributed by atoms with E-state index >= 15 is 0 Å². The van der Waals surface area contributed by atoms with E-state index in [0.29, 0.717) is 11.3 Å². The van der Waals surface area contributed by atoms with Gasteiger partial charge in [-0.3, -0.25) is 4.79 Å². The highest BCUT2D eigenvalue weighted by Crippen LogP contribution is 2.16. The van der Waals surface area contributed by atoms with Gasteiger partial charge in [0.15, 0.2) is 12.4 Å². The lowest BCUT2D eigenvalue weighted by Crippen LogP contribution is -2.05. The van der Waals surface area contributed by atoms with Gasteiger partial charge in [-0.2, -0.15) is 5.26 Å². The monoisotopic (exact) mass is 321 g/mol. The number of nitrogens with zero attached hydrogens (tertiary/aromatic N) is 1. The zero-order valence-electron chi connectivity index (χ0n) is 13.7. The van der Waals surface area contributed by atoms with Crippen LogP contribution in [-0.2, 0) is 0 Å². The Bertz CT molecular complexity index is 738. The van der Waals surface area contributed by atoms with Crippen LogP contribution in [0, 0.1) is 11.3 Å². The van der Waals surface area contributed by atoms with Gasteiger partial charge >= 0.3 is 0 Å². The summed E-state index contributed by atoms with van der Waals surface area (Å²) < 4.78 is 10.7. The smallest absolute Gasteiger partial charge is 0.185 e. The second-order valence-corrected chi connectivity index (χ2v) is 5.40. The number of benzene rings is 2. The second-order valence-electron chi connectivity index (χ2n) is 5.40. The standard InChI is InChI=1S/C20H19NO3/c1-15(2)24-19-8-3-16(4-9-19)5-12-20(22)17-6-10-18(11-7-17)23-14-13-21/h3-12,15H,14H2,1-2H3. The molecule has 0 amide bonds. The van der Waals surface area contributed by atoms with Gasteiger partial charge in [0.25, 0.3) is 0 Å². The molecule has 4 nitrogen and oxygen atoms in total. The topological polar surface area (TPSA) is 59.3 Å². The quantitative estimate of drug-likeness (QED) is 0.564. The maximum Gasteiger partial charge on any atom is 0.185 e. The summed E-state index contributed by atoms with van der Waals surface area (Å²) in [7, 11) is 0. The second kappa shape index (κ2) is 8.54. The van der Waals surface area contributed by atoms with E-state index in [1.807, 2.05) is 44.2 Å². The highest BCUT2D eigenvalue weighted by molar-refractivity contribution is 6.06. The molecule has 0 aliphatic carbocycles. The van der Waals surface area contributed by atoms with Gasteiger partial charge in [0.1, 0.15) is 17.6 Å². The Labute approximate surface area is 141 Å². The molecule has 4 heteroatoms. The first-order valence-corrected chi connectivity index (χ1v) is 7.67. The van der Waals surface area contributed by atoms with E-state index in [9.17, 15) is 4.79 Å². The van der Waals surface area contributed by atoms with Crippen LogP contribution in [-0.4, -0.2) is 18.5 Å². The van der Waals surface area contributed by atoms with Crippen molar-refractivity contribution in [2.45, 2.75) is 20.0 Å². The molecule has 122 valence electrons. The first-order chi connectivity index (χ1) is 11.6. The van der Waals surface area contributed by atoms with Crippen LogP contribution >= 0.6 is 0 Å². The van der Waals surface area contributed by atoms with Crippen molar-refractivity contribution in [1.82, 2.24) is 0 Å². The van der Waals surface area contributed by atoms with Gasteiger partial charge in [-0.25, -0.2) is 0 Å². The number of hydrogen-bond donors (Lipinski definition) is 0. The fraction of sp³-hybridized carbons (Fsp3) is 0.200. The maximum absolute atomic E-state index is 12.2. The highest BCUT2D eigenvalue weighted by Gasteiger charge is 2.02. The molecule has 0 aliphatic rings. The van der Waals surface area contributed by atoms with Crippen molar-refractivity contribution in [1.29, 1.82) is 5.26 Å². The molecule has 2 aromatic rings. The Morgan fingerprint density at radius 1 is 1.08 bits per heavy atom. The number of ether oxygens (including phenoxy) is 2. The minimum absolute atomic E-state index is 0.0102. The summed E-state index contributed by atoms with van der Waals surface area (Å²) in [5, 5.41) is 8.46. The molecule has 0 N–H and O–H groups in total. The number of ketones is 1. The van der Waals surface area contributed by atoms with Crippen molar-refractivity contribution in [2.24, 2.45) is 0 Å². The van der Waals surface area contributed by atoms with Crippen molar-refractivity contribution in [2.75, 3.05) is 6.61 Å². The fourth-order valence-corrected chi connectivity index (χ4v) is 2.03. The van der Waals surface area contributed by atoms with Crippen molar-refractivity contribution in [3.8, 4) is 17.6 Å². The van der Waals surface area contributed by atoms with Crippen molar-refractivity contribution >= 4 is 11.9 Å². The van der Waals surface area contributed by atoms with E-state index in [2.05, 4.69) is 0 Å². The summed E-state index contributed by atoms with van der Waals surface area (Å²) in [6, 6.07) is 16.2. The van der Waals surface area contributed by atoms with Gasteiger partial charge in [0.05, 0.1) is 6.10 Å². The Morgan fingerprint density at radius 2 is 1.71 bits per heavy atom. The van der Waals surface area contributed by atoms with Gasteiger partial charge in [0.2, 0.25) is 0 Å². The molecule has 0 heterocycles. The number of allylic oxidation sites excluding steroid dienone is 1. The molecule has 2 rings (SSSR count). The lowest BCUT2D eigenvalue weighted by Gasteiger charge is -2.09. The molecule has 0 saturated heterocycles. The molecular formula is C20H19NO3. The number of rotatable bonds is 7. The minimum Gasteiger partial charge on any atom is -0.491 e. The van der Waals surface area contributed by atoms with Crippen LogP contribution in [0.5, 0.6) is 11.5 Å².